The molecule has 0 spiro atoms. The van der Waals surface area contributed by atoms with Crippen LogP contribution < -0.4 is 0 Å². The van der Waals surface area contributed by atoms with Crippen LogP contribution in [-0.2, 0) is 9.31 Å². The first-order chi connectivity index (χ1) is 7.86. The van der Waals surface area contributed by atoms with Gasteiger partial charge in [0.1, 0.15) is 0 Å². The predicted molar refractivity (Wildman–Crippen MR) is 73.9 cm³/mol. The van der Waals surface area contributed by atoms with Gasteiger partial charge in [0.15, 0.2) is 0 Å². The van der Waals surface area contributed by atoms with Gasteiger partial charge in [-0.05, 0) is 45.8 Å². The molecule has 17 heavy (non-hydrogen) atoms. The molecule has 2 aliphatic heterocycles. The van der Waals surface area contributed by atoms with Crippen LogP contribution in [0, 0.1) is 0 Å². The minimum atomic E-state index is -0.227. The Bertz CT molecular complexity index is 314. The van der Waals surface area contributed by atoms with Gasteiger partial charge >= 0.3 is 7.12 Å². The van der Waals surface area contributed by atoms with Gasteiger partial charge in [-0.2, -0.15) is 0 Å². The third-order valence-electron chi connectivity index (χ3n) is 4.02. The van der Waals surface area contributed by atoms with Crippen molar-refractivity contribution in [1.29, 1.82) is 0 Å². The highest BCUT2D eigenvalue weighted by molar-refractivity contribution is 7.96. The molecule has 1 saturated heterocycles. The topological polar surface area (TPSA) is 21.7 Å². The fraction of sp³-hybridized carbons (Fsp3) is 0.833. The van der Waals surface area contributed by atoms with E-state index in [1.165, 1.54) is 5.47 Å². The van der Waals surface area contributed by atoms with Gasteiger partial charge in [0.2, 0.25) is 0 Å². The van der Waals surface area contributed by atoms with Crippen LogP contribution >= 0.6 is 11.9 Å². The molecule has 0 bridgehead atoms. The van der Waals surface area contributed by atoms with Crippen molar-refractivity contribution >= 4 is 19.1 Å². The normalized spacial score (nSPS) is 28.3. The van der Waals surface area contributed by atoms with Crippen molar-refractivity contribution in [2.75, 3.05) is 19.3 Å². The molecular formula is C12H22BNO2S. The molecule has 96 valence electrons. The Morgan fingerprint density at radius 1 is 1.24 bits per heavy atom. The molecule has 2 heterocycles. The van der Waals surface area contributed by atoms with Gasteiger partial charge in [-0.25, -0.2) is 4.31 Å². The number of rotatable bonds is 2. The lowest BCUT2D eigenvalue weighted by Gasteiger charge is -2.32. The first-order valence-electron chi connectivity index (χ1n) is 6.19. The second kappa shape index (κ2) is 4.61. The Morgan fingerprint density at radius 3 is 2.24 bits per heavy atom. The third kappa shape index (κ3) is 2.57. The van der Waals surface area contributed by atoms with Gasteiger partial charge in [0, 0.05) is 13.1 Å². The second-order valence-electron chi connectivity index (χ2n) is 5.69. The van der Waals surface area contributed by atoms with E-state index in [9.17, 15) is 0 Å². The molecule has 0 amide bonds. The monoisotopic (exact) mass is 255 g/mol. The molecule has 0 aliphatic carbocycles. The molecule has 2 rings (SSSR count). The molecule has 0 saturated carbocycles. The maximum Gasteiger partial charge on any atom is 0.490 e. The lowest BCUT2D eigenvalue weighted by molar-refractivity contribution is 0.00578. The molecular weight excluding hydrogens is 233 g/mol. The van der Waals surface area contributed by atoms with Crippen molar-refractivity contribution in [2.24, 2.45) is 0 Å². The summed E-state index contributed by atoms with van der Waals surface area (Å²) in [5, 5.41) is 0. The SMILES string of the molecule is CSN1CC=C(B2OC(C)(C)C(C)(C)O2)CC1. The number of hydrogen-bond donors (Lipinski definition) is 0. The van der Waals surface area contributed by atoms with E-state index in [1.54, 1.807) is 11.9 Å². The fourth-order valence-corrected chi connectivity index (χ4v) is 2.54. The summed E-state index contributed by atoms with van der Waals surface area (Å²) >= 11 is 1.80. The molecule has 0 unspecified atom stereocenters. The Morgan fingerprint density at radius 2 is 1.82 bits per heavy atom. The van der Waals surface area contributed by atoms with Crippen molar-refractivity contribution in [2.45, 2.75) is 45.3 Å². The molecule has 0 atom stereocenters. The summed E-state index contributed by atoms with van der Waals surface area (Å²) in [5.74, 6) is 0. The largest absolute Gasteiger partial charge is 0.490 e. The van der Waals surface area contributed by atoms with Crippen molar-refractivity contribution in [3.63, 3.8) is 0 Å². The van der Waals surface area contributed by atoms with E-state index in [0.717, 1.165) is 19.5 Å². The Hall–Kier alpha value is 0.0349. The molecule has 0 N–H and O–H groups in total. The van der Waals surface area contributed by atoms with Gasteiger partial charge in [0.25, 0.3) is 0 Å². The average Bonchev–Trinajstić information content (AvgIpc) is 2.48. The lowest BCUT2D eigenvalue weighted by Crippen LogP contribution is -2.41. The lowest BCUT2D eigenvalue weighted by atomic mass is 9.75. The molecule has 0 radical (unpaired) electrons. The summed E-state index contributed by atoms with van der Waals surface area (Å²) in [7, 11) is -0.149. The highest BCUT2D eigenvalue weighted by Gasteiger charge is 2.52. The van der Waals surface area contributed by atoms with Crippen LogP contribution in [-0.4, -0.2) is 42.0 Å². The quantitative estimate of drug-likeness (QED) is 0.558. The van der Waals surface area contributed by atoms with E-state index < -0.39 is 0 Å². The third-order valence-corrected chi connectivity index (χ3v) is 4.87. The van der Waals surface area contributed by atoms with Crippen molar-refractivity contribution in [3.8, 4) is 0 Å². The molecule has 3 nitrogen and oxygen atoms in total. The highest BCUT2D eigenvalue weighted by Crippen LogP contribution is 2.39. The van der Waals surface area contributed by atoms with Gasteiger partial charge in [-0.1, -0.05) is 18.0 Å². The van der Waals surface area contributed by atoms with Gasteiger partial charge in [0.05, 0.1) is 11.2 Å². The second-order valence-corrected chi connectivity index (χ2v) is 6.57. The highest BCUT2D eigenvalue weighted by atomic mass is 32.2. The molecule has 1 fully saturated rings. The molecule has 5 heteroatoms. The maximum atomic E-state index is 6.06. The summed E-state index contributed by atoms with van der Waals surface area (Å²) in [6.45, 7) is 10.5. The van der Waals surface area contributed by atoms with Crippen molar-refractivity contribution in [3.05, 3.63) is 11.5 Å². The van der Waals surface area contributed by atoms with Crippen molar-refractivity contribution in [1.82, 2.24) is 4.31 Å². The zero-order valence-corrected chi connectivity index (χ0v) is 12.3. The molecule has 2 aliphatic rings. The summed E-state index contributed by atoms with van der Waals surface area (Å²) in [4.78, 5) is 0. The average molecular weight is 255 g/mol. The van der Waals surface area contributed by atoms with E-state index in [4.69, 9.17) is 9.31 Å². The zero-order valence-electron chi connectivity index (χ0n) is 11.4. The summed E-state index contributed by atoms with van der Waals surface area (Å²) in [6, 6.07) is 0. The van der Waals surface area contributed by atoms with Gasteiger partial charge in [-0.3, -0.25) is 0 Å². The Labute approximate surface area is 109 Å². The van der Waals surface area contributed by atoms with Crippen LogP contribution in [0.25, 0.3) is 0 Å². The first-order valence-corrected chi connectivity index (χ1v) is 7.37. The standard InChI is InChI=1S/C12H22BNO2S/c1-11(2)12(3,4)16-13(15-11)10-6-8-14(17-5)9-7-10/h6H,7-9H2,1-5H3. The smallest absolute Gasteiger partial charge is 0.400 e. The van der Waals surface area contributed by atoms with E-state index >= 15 is 0 Å². The Kier molecular flexibility index (Phi) is 3.65. The van der Waals surface area contributed by atoms with Crippen LogP contribution in [0.2, 0.25) is 0 Å². The molecule has 0 aromatic carbocycles. The van der Waals surface area contributed by atoms with E-state index in [-0.39, 0.29) is 18.3 Å². The van der Waals surface area contributed by atoms with Crippen LogP contribution in [0.4, 0.5) is 0 Å². The number of hydrogen-bond acceptors (Lipinski definition) is 4. The summed E-state index contributed by atoms with van der Waals surface area (Å²) in [6.07, 6.45) is 5.41. The molecule has 0 aromatic rings. The van der Waals surface area contributed by atoms with Crippen molar-refractivity contribution < 1.29 is 9.31 Å². The van der Waals surface area contributed by atoms with Gasteiger partial charge < -0.3 is 9.31 Å². The fourth-order valence-electron chi connectivity index (χ4n) is 2.04. The van der Waals surface area contributed by atoms with Crippen LogP contribution in [0.1, 0.15) is 34.1 Å². The van der Waals surface area contributed by atoms with Crippen LogP contribution in [0.3, 0.4) is 0 Å². The summed E-state index contributed by atoms with van der Waals surface area (Å²) in [5.41, 5.74) is 0.846. The minimum absolute atomic E-state index is 0.149. The maximum absolute atomic E-state index is 6.06. The predicted octanol–water partition coefficient (Wildman–Crippen LogP) is 2.53. The Balaban J connectivity index is 2.05. The van der Waals surface area contributed by atoms with Gasteiger partial charge in [-0.15, -0.1) is 0 Å². The van der Waals surface area contributed by atoms with Crippen LogP contribution in [0.15, 0.2) is 11.5 Å². The summed E-state index contributed by atoms with van der Waals surface area (Å²) < 4.78 is 14.5. The molecule has 0 aromatic heterocycles. The van der Waals surface area contributed by atoms with E-state index in [2.05, 4.69) is 44.3 Å². The van der Waals surface area contributed by atoms with E-state index in [0.29, 0.717) is 0 Å². The first kappa shape index (κ1) is 13.5. The van der Waals surface area contributed by atoms with E-state index in [1.807, 2.05) is 0 Å². The minimum Gasteiger partial charge on any atom is -0.400 e. The van der Waals surface area contributed by atoms with Crippen LogP contribution in [0.5, 0.6) is 0 Å². The number of nitrogens with zero attached hydrogens (tertiary/aromatic N) is 1. The zero-order chi connectivity index (χ0) is 12.7.